The lowest BCUT2D eigenvalue weighted by atomic mass is 10.3. The average molecular weight is 378 g/mol. The van der Waals surface area contributed by atoms with E-state index in [1.807, 2.05) is 0 Å². The third-order valence-electron chi connectivity index (χ3n) is 5.71. The van der Waals surface area contributed by atoms with Crippen LogP contribution in [0.2, 0.25) is 0 Å². The molecule has 0 nitrogen and oxygen atoms in total. The molecule has 0 aliphatic heterocycles. The molecule has 0 spiro atoms. The average Bonchev–Trinajstić information content (AvgIpc) is 3.20. The Morgan fingerprint density at radius 2 is 1.08 bits per heavy atom. The second-order valence-electron chi connectivity index (χ2n) is 7.00. The highest BCUT2D eigenvalue weighted by atomic mass is 32.2. The summed E-state index contributed by atoms with van der Waals surface area (Å²) in [5.74, 6) is 0. The summed E-state index contributed by atoms with van der Waals surface area (Å²) >= 11 is 2.08. The Morgan fingerprint density at radius 1 is 0.654 bits per heavy atom. The fourth-order valence-corrected chi connectivity index (χ4v) is 11.6. The van der Waals surface area contributed by atoms with E-state index in [1.165, 1.54) is 35.2 Å². The van der Waals surface area contributed by atoms with E-state index in [0.717, 1.165) is 5.25 Å². The molecule has 0 radical (unpaired) electrons. The summed E-state index contributed by atoms with van der Waals surface area (Å²) in [6.07, 6.45) is 6.33. The van der Waals surface area contributed by atoms with Crippen molar-refractivity contribution in [2.75, 3.05) is 6.26 Å². The van der Waals surface area contributed by atoms with Gasteiger partial charge in [-0.25, -0.2) is 0 Å². The minimum atomic E-state index is -1.69. The van der Waals surface area contributed by atoms with E-state index >= 15 is 0 Å². The van der Waals surface area contributed by atoms with E-state index in [2.05, 4.69) is 109 Å². The van der Waals surface area contributed by atoms with Gasteiger partial charge in [-0.05, 0) is 61.9 Å². The summed E-state index contributed by atoms with van der Waals surface area (Å²) in [5, 5.41) is 5.33. The van der Waals surface area contributed by atoms with E-state index in [4.69, 9.17) is 0 Å². The molecule has 0 saturated heterocycles. The monoisotopic (exact) mass is 377 g/mol. The Hall–Kier alpha value is -1.56. The molecule has 0 aromatic heterocycles. The zero-order valence-electron chi connectivity index (χ0n) is 15.3. The van der Waals surface area contributed by atoms with Gasteiger partial charge in [-0.1, -0.05) is 54.6 Å². The van der Waals surface area contributed by atoms with E-state index in [9.17, 15) is 0 Å². The van der Waals surface area contributed by atoms with Crippen LogP contribution in [0.15, 0.2) is 91.0 Å². The van der Waals surface area contributed by atoms with Gasteiger partial charge in [0.05, 0.1) is 5.66 Å². The second kappa shape index (κ2) is 7.99. The fourth-order valence-electron chi connectivity index (χ4n) is 4.64. The molecular formula is C24H26PS+. The van der Waals surface area contributed by atoms with Crippen LogP contribution >= 0.6 is 19.0 Å². The van der Waals surface area contributed by atoms with Gasteiger partial charge in [0.2, 0.25) is 0 Å². The van der Waals surface area contributed by atoms with Gasteiger partial charge in [0.25, 0.3) is 0 Å². The molecule has 1 fully saturated rings. The first-order valence-electron chi connectivity index (χ1n) is 9.45. The van der Waals surface area contributed by atoms with Gasteiger partial charge in [-0.3, -0.25) is 0 Å². The fraction of sp³-hybridized carbons (Fsp3) is 0.250. The first kappa shape index (κ1) is 17.8. The van der Waals surface area contributed by atoms with Crippen LogP contribution in [-0.2, 0) is 0 Å². The summed E-state index contributed by atoms with van der Waals surface area (Å²) in [7, 11) is -1.69. The summed E-state index contributed by atoms with van der Waals surface area (Å²) in [6.45, 7) is 0. The number of hydrogen-bond acceptors (Lipinski definition) is 1. The van der Waals surface area contributed by atoms with Crippen molar-refractivity contribution in [2.45, 2.75) is 30.2 Å². The van der Waals surface area contributed by atoms with E-state index < -0.39 is 7.26 Å². The third-order valence-corrected chi connectivity index (χ3v) is 12.0. The van der Waals surface area contributed by atoms with Gasteiger partial charge in [-0.15, -0.1) is 0 Å². The molecule has 132 valence electrons. The SMILES string of the molecule is CSC1CCCC1[P+](c1ccccc1)(c1ccccc1)c1ccccc1. The highest BCUT2D eigenvalue weighted by Gasteiger charge is 2.56. The van der Waals surface area contributed by atoms with Crippen LogP contribution < -0.4 is 15.9 Å². The molecule has 0 amide bonds. The first-order chi connectivity index (χ1) is 12.9. The Morgan fingerprint density at radius 3 is 1.46 bits per heavy atom. The van der Waals surface area contributed by atoms with Gasteiger partial charge in [0.1, 0.15) is 23.2 Å². The molecule has 0 N–H and O–H groups in total. The van der Waals surface area contributed by atoms with Crippen molar-refractivity contribution in [1.82, 2.24) is 0 Å². The molecule has 0 bridgehead atoms. The summed E-state index contributed by atoms with van der Waals surface area (Å²) < 4.78 is 0. The quantitative estimate of drug-likeness (QED) is 0.546. The van der Waals surface area contributed by atoms with Crippen molar-refractivity contribution < 1.29 is 0 Å². The molecule has 26 heavy (non-hydrogen) atoms. The Kier molecular flexibility index (Phi) is 5.48. The van der Waals surface area contributed by atoms with Crippen LogP contribution in [0.3, 0.4) is 0 Å². The van der Waals surface area contributed by atoms with Crippen LogP contribution in [0.4, 0.5) is 0 Å². The highest BCUT2D eigenvalue weighted by Crippen LogP contribution is 2.65. The molecule has 2 atom stereocenters. The maximum atomic E-state index is 2.38. The number of benzene rings is 3. The van der Waals surface area contributed by atoms with E-state index in [1.54, 1.807) is 0 Å². The molecular weight excluding hydrogens is 351 g/mol. The third kappa shape index (κ3) is 3.02. The maximum Gasteiger partial charge on any atom is 0.116 e. The highest BCUT2D eigenvalue weighted by molar-refractivity contribution is 8.01. The Labute approximate surface area is 162 Å². The van der Waals surface area contributed by atoms with Crippen molar-refractivity contribution >= 4 is 34.9 Å². The molecule has 0 heterocycles. The molecule has 1 saturated carbocycles. The van der Waals surface area contributed by atoms with Crippen molar-refractivity contribution in [2.24, 2.45) is 0 Å². The molecule has 1 aliphatic carbocycles. The standard InChI is InChI=1S/C24H26PS/c1-26-24-19-11-18-23(24)25(20-12-5-2-6-13-20,21-14-7-3-8-15-21)22-16-9-4-10-17-22/h2-10,12-17,23-24H,11,18-19H2,1H3/q+1. The molecule has 2 unspecified atom stereocenters. The van der Waals surface area contributed by atoms with Crippen LogP contribution in [0.1, 0.15) is 19.3 Å². The first-order valence-corrected chi connectivity index (χ1v) is 12.6. The smallest absolute Gasteiger partial charge is 0.116 e. The van der Waals surface area contributed by atoms with Crippen LogP contribution in [0.5, 0.6) is 0 Å². The Bertz CT molecular complexity index is 720. The topological polar surface area (TPSA) is 0 Å². The van der Waals surface area contributed by atoms with Crippen LogP contribution in [0.25, 0.3) is 0 Å². The minimum absolute atomic E-state index is 0.713. The Balaban J connectivity index is 2.04. The summed E-state index contributed by atoms with van der Waals surface area (Å²) in [6, 6.07) is 34.0. The summed E-state index contributed by atoms with van der Waals surface area (Å²) in [4.78, 5) is 0. The van der Waals surface area contributed by atoms with Gasteiger partial charge in [0, 0.05) is 5.25 Å². The van der Waals surface area contributed by atoms with Crippen molar-refractivity contribution in [3.8, 4) is 0 Å². The van der Waals surface area contributed by atoms with E-state index in [0.29, 0.717) is 5.66 Å². The van der Waals surface area contributed by atoms with Crippen molar-refractivity contribution in [1.29, 1.82) is 0 Å². The van der Waals surface area contributed by atoms with Crippen molar-refractivity contribution in [3.63, 3.8) is 0 Å². The van der Waals surface area contributed by atoms with Crippen LogP contribution in [-0.4, -0.2) is 17.2 Å². The number of thioether (sulfide) groups is 1. The predicted octanol–water partition coefficient (Wildman–Crippen LogP) is 5.26. The van der Waals surface area contributed by atoms with Gasteiger partial charge >= 0.3 is 0 Å². The lowest BCUT2D eigenvalue weighted by Crippen LogP contribution is -2.41. The second-order valence-corrected chi connectivity index (χ2v) is 11.7. The number of rotatable bonds is 5. The lowest BCUT2D eigenvalue weighted by molar-refractivity contribution is 0.888. The lowest BCUT2D eigenvalue weighted by Gasteiger charge is -2.35. The maximum absolute atomic E-state index is 2.38. The number of hydrogen-bond donors (Lipinski definition) is 0. The summed E-state index contributed by atoms with van der Waals surface area (Å²) in [5.41, 5.74) is 0.713. The van der Waals surface area contributed by atoms with Gasteiger partial charge in [0.15, 0.2) is 0 Å². The molecule has 4 rings (SSSR count). The molecule has 1 aliphatic rings. The molecule has 2 heteroatoms. The molecule has 3 aromatic carbocycles. The van der Waals surface area contributed by atoms with Crippen molar-refractivity contribution in [3.05, 3.63) is 91.0 Å². The van der Waals surface area contributed by atoms with Gasteiger partial charge < -0.3 is 0 Å². The largest absolute Gasteiger partial charge is 0.158 e. The predicted molar refractivity (Wildman–Crippen MR) is 120 cm³/mol. The molecule has 3 aromatic rings. The minimum Gasteiger partial charge on any atom is -0.158 e. The van der Waals surface area contributed by atoms with Crippen LogP contribution in [0, 0.1) is 0 Å². The zero-order valence-corrected chi connectivity index (χ0v) is 17.0. The van der Waals surface area contributed by atoms with E-state index in [-0.39, 0.29) is 0 Å². The zero-order chi connectivity index (χ0) is 17.8. The van der Waals surface area contributed by atoms with Gasteiger partial charge in [-0.2, -0.15) is 11.8 Å². The normalized spacial score (nSPS) is 20.2.